The van der Waals surface area contributed by atoms with Crippen molar-refractivity contribution in [2.75, 3.05) is 30.7 Å². The van der Waals surface area contributed by atoms with Crippen LogP contribution in [0, 0.1) is 5.92 Å². The van der Waals surface area contributed by atoms with Gasteiger partial charge in [0, 0.05) is 19.6 Å². The molecule has 1 amide bonds. The first kappa shape index (κ1) is 12.2. The Morgan fingerprint density at radius 1 is 1.71 bits per heavy atom. The van der Waals surface area contributed by atoms with Gasteiger partial charge in [-0.15, -0.1) is 0 Å². The van der Waals surface area contributed by atoms with E-state index in [4.69, 9.17) is 5.73 Å². The monoisotopic (exact) mass is 254 g/mol. The van der Waals surface area contributed by atoms with Crippen molar-refractivity contribution in [3.63, 3.8) is 0 Å². The summed E-state index contributed by atoms with van der Waals surface area (Å²) in [6.07, 6.45) is 1.07. The lowest BCUT2D eigenvalue weighted by Gasteiger charge is -2.14. The number of nitrogen functional groups attached to an aromatic ring is 1. The Bertz CT molecular complexity index is 418. The number of hydrogen-bond acceptors (Lipinski definition) is 5. The largest absolute Gasteiger partial charge is 0.382 e. The van der Waals surface area contributed by atoms with Gasteiger partial charge in [0.25, 0.3) is 5.91 Å². The summed E-state index contributed by atoms with van der Waals surface area (Å²) >= 11 is 1.34. The predicted molar refractivity (Wildman–Crippen MR) is 70.4 cm³/mol. The number of nitrogens with zero attached hydrogens (tertiary/aromatic N) is 2. The molecule has 0 saturated carbocycles. The van der Waals surface area contributed by atoms with E-state index in [0.717, 1.165) is 31.2 Å². The molecule has 94 valence electrons. The Kier molecular flexibility index (Phi) is 3.51. The van der Waals surface area contributed by atoms with Crippen LogP contribution in [-0.4, -0.2) is 35.4 Å². The van der Waals surface area contributed by atoms with Gasteiger partial charge in [-0.3, -0.25) is 4.79 Å². The maximum absolute atomic E-state index is 12.2. The van der Waals surface area contributed by atoms with Crippen LogP contribution in [0.3, 0.4) is 0 Å². The minimum atomic E-state index is 0.0218. The first-order valence-electron chi connectivity index (χ1n) is 5.91. The van der Waals surface area contributed by atoms with Gasteiger partial charge in [-0.2, -0.15) is 0 Å². The fourth-order valence-corrected chi connectivity index (χ4v) is 2.90. The Hall–Kier alpha value is -1.30. The number of amides is 1. The van der Waals surface area contributed by atoms with Crippen LogP contribution in [0.2, 0.25) is 0 Å². The van der Waals surface area contributed by atoms with E-state index in [0.29, 0.717) is 16.6 Å². The summed E-state index contributed by atoms with van der Waals surface area (Å²) < 4.78 is 0. The number of hydrogen-bond donors (Lipinski definition) is 2. The standard InChI is InChI=1S/C11H18N4OS/c1-3-13-11-14-9(12)8(17-11)10(16)15-5-4-7(2)6-15/h7H,3-6,12H2,1-2H3,(H,13,14). The summed E-state index contributed by atoms with van der Waals surface area (Å²) in [5, 5.41) is 3.80. The van der Waals surface area contributed by atoms with Gasteiger partial charge in [0.15, 0.2) is 5.13 Å². The summed E-state index contributed by atoms with van der Waals surface area (Å²) in [7, 11) is 0. The van der Waals surface area contributed by atoms with Gasteiger partial charge in [0.2, 0.25) is 0 Å². The first-order chi connectivity index (χ1) is 8.11. The Labute approximate surface area is 105 Å². The van der Waals surface area contributed by atoms with Crippen molar-refractivity contribution in [2.24, 2.45) is 5.92 Å². The number of carbonyl (C=O) groups is 1. The lowest BCUT2D eigenvalue weighted by Crippen LogP contribution is -2.28. The van der Waals surface area contributed by atoms with Crippen molar-refractivity contribution < 1.29 is 4.79 Å². The van der Waals surface area contributed by atoms with Crippen molar-refractivity contribution >= 4 is 28.2 Å². The van der Waals surface area contributed by atoms with Crippen molar-refractivity contribution in [3.8, 4) is 0 Å². The number of likely N-dealkylation sites (tertiary alicyclic amines) is 1. The number of nitrogens with one attached hydrogen (secondary N) is 1. The van der Waals surface area contributed by atoms with Crippen LogP contribution in [0.1, 0.15) is 29.9 Å². The molecule has 1 aromatic heterocycles. The molecule has 2 rings (SSSR count). The number of thiazole rings is 1. The summed E-state index contributed by atoms with van der Waals surface area (Å²) in [5.41, 5.74) is 5.79. The molecule has 0 aliphatic carbocycles. The Morgan fingerprint density at radius 3 is 3.06 bits per heavy atom. The molecule has 5 nitrogen and oxygen atoms in total. The van der Waals surface area contributed by atoms with E-state index in [1.807, 2.05) is 11.8 Å². The van der Waals surface area contributed by atoms with Gasteiger partial charge in [-0.25, -0.2) is 4.98 Å². The molecule has 1 unspecified atom stereocenters. The van der Waals surface area contributed by atoms with E-state index in [2.05, 4.69) is 17.2 Å². The van der Waals surface area contributed by atoms with E-state index in [-0.39, 0.29) is 5.91 Å². The molecule has 1 aromatic rings. The number of nitrogens with two attached hydrogens (primary N) is 1. The molecule has 1 fully saturated rings. The summed E-state index contributed by atoms with van der Waals surface area (Å²) in [6, 6.07) is 0. The van der Waals surface area contributed by atoms with Crippen LogP contribution in [0.25, 0.3) is 0 Å². The summed E-state index contributed by atoms with van der Waals surface area (Å²) in [5.74, 6) is 0.949. The topological polar surface area (TPSA) is 71.2 Å². The molecule has 3 N–H and O–H groups in total. The van der Waals surface area contributed by atoms with Crippen LogP contribution in [-0.2, 0) is 0 Å². The highest BCUT2D eigenvalue weighted by Crippen LogP contribution is 2.28. The lowest BCUT2D eigenvalue weighted by molar-refractivity contribution is 0.0793. The number of anilines is 2. The molecular weight excluding hydrogens is 236 g/mol. The van der Waals surface area contributed by atoms with Crippen LogP contribution in [0.5, 0.6) is 0 Å². The molecule has 0 bridgehead atoms. The SMILES string of the molecule is CCNc1nc(N)c(C(=O)N2CCC(C)C2)s1. The van der Waals surface area contributed by atoms with E-state index >= 15 is 0 Å². The zero-order valence-corrected chi connectivity index (χ0v) is 11.0. The number of aromatic nitrogens is 1. The third-order valence-corrected chi connectivity index (χ3v) is 3.90. The lowest BCUT2D eigenvalue weighted by atomic mass is 10.2. The quantitative estimate of drug-likeness (QED) is 0.860. The molecular formula is C11H18N4OS. The highest BCUT2D eigenvalue weighted by atomic mass is 32.1. The zero-order chi connectivity index (χ0) is 12.4. The maximum atomic E-state index is 12.2. The van der Waals surface area contributed by atoms with E-state index < -0.39 is 0 Å². The second-order valence-electron chi connectivity index (χ2n) is 4.41. The van der Waals surface area contributed by atoms with Gasteiger partial charge in [0.05, 0.1) is 0 Å². The van der Waals surface area contributed by atoms with Crippen LogP contribution >= 0.6 is 11.3 Å². The van der Waals surface area contributed by atoms with Crippen molar-refractivity contribution in [2.45, 2.75) is 20.3 Å². The van der Waals surface area contributed by atoms with Gasteiger partial charge < -0.3 is 16.0 Å². The second kappa shape index (κ2) is 4.91. The molecule has 1 aliphatic rings. The van der Waals surface area contributed by atoms with E-state index in [9.17, 15) is 4.79 Å². The summed E-state index contributed by atoms with van der Waals surface area (Å²) in [6.45, 7) is 6.58. The normalized spacial score (nSPS) is 19.6. The first-order valence-corrected chi connectivity index (χ1v) is 6.73. The molecule has 0 spiro atoms. The fraction of sp³-hybridized carbons (Fsp3) is 0.636. The van der Waals surface area contributed by atoms with Crippen LogP contribution in [0.15, 0.2) is 0 Å². The van der Waals surface area contributed by atoms with Crippen LogP contribution < -0.4 is 11.1 Å². The molecule has 17 heavy (non-hydrogen) atoms. The van der Waals surface area contributed by atoms with E-state index in [1.54, 1.807) is 0 Å². The zero-order valence-electron chi connectivity index (χ0n) is 10.2. The molecule has 1 aliphatic heterocycles. The minimum absolute atomic E-state index is 0.0218. The Morgan fingerprint density at radius 2 is 2.47 bits per heavy atom. The minimum Gasteiger partial charge on any atom is -0.382 e. The average molecular weight is 254 g/mol. The number of rotatable bonds is 3. The van der Waals surface area contributed by atoms with Gasteiger partial charge in [-0.05, 0) is 19.3 Å². The molecule has 2 heterocycles. The molecule has 1 atom stereocenters. The van der Waals surface area contributed by atoms with Crippen molar-refractivity contribution in [1.29, 1.82) is 0 Å². The molecule has 0 aromatic carbocycles. The van der Waals surface area contributed by atoms with Gasteiger partial charge >= 0.3 is 0 Å². The summed E-state index contributed by atoms with van der Waals surface area (Å²) in [4.78, 5) is 18.8. The molecule has 1 saturated heterocycles. The third-order valence-electron chi connectivity index (χ3n) is 2.89. The Balaban J connectivity index is 2.13. The highest BCUT2D eigenvalue weighted by molar-refractivity contribution is 7.18. The van der Waals surface area contributed by atoms with Crippen LogP contribution in [0.4, 0.5) is 10.9 Å². The fourth-order valence-electron chi connectivity index (χ4n) is 1.98. The van der Waals surface area contributed by atoms with E-state index in [1.165, 1.54) is 11.3 Å². The third kappa shape index (κ3) is 2.52. The van der Waals surface area contributed by atoms with Gasteiger partial charge in [-0.1, -0.05) is 18.3 Å². The molecule has 0 radical (unpaired) electrons. The smallest absolute Gasteiger partial charge is 0.267 e. The highest BCUT2D eigenvalue weighted by Gasteiger charge is 2.27. The van der Waals surface area contributed by atoms with Gasteiger partial charge in [0.1, 0.15) is 10.7 Å². The average Bonchev–Trinajstić information content (AvgIpc) is 2.85. The van der Waals surface area contributed by atoms with Crippen molar-refractivity contribution in [1.82, 2.24) is 9.88 Å². The number of carbonyl (C=O) groups excluding carboxylic acids is 1. The maximum Gasteiger partial charge on any atom is 0.267 e. The predicted octanol–water partition coefficient (Wildman–Crippen LogP) is 1.64. The molecule has 6 heteroatoms. The van der Waals surface area contributed by atoms with Crippen molar-refractivity contribution in [3.05, 3.63) is 4.88 Å². The second-order valence-corrected chi connectivity index (χ2v) is 5.41.